The van der Waals surface area contributed by atoms with E-state index in [-0.39, 0.29) is 35.2 Å². The predicted molar refractivity (Wildman–Crippen MR) is 320 cm³/mol. The highest BCUT2D eigenvalue weighted by atomic mass is 32.2. The summed E-state index contributed by atoms with van der Waals surface area (Å²) >= 11 is 0. The number of halogens is 3. The molecule has 80 heavy (non-hydrogen) atoms. The van der Waals surface area contributed by atoms with Crippen LogP contribution in [0.4, 0.5) is 13.2 Å². The monoisotopic (exact) mass is 1120 g/mol. The molecule has 0 atom stereocenters. The zero-order valence-corrected chi connectivity index (χ0v) is 48.5. The Morgan fingerprint density at radius 1 is 0.400 bits per heavy atom. The molecule has 11 heteroatoms. The van der Waals surface area contributed by atoms with Crippen LogP contribution in [0.1, 0.15) is 262 Å². The Hall–Kier alpha value is -4.63. The first-order valence-corrected chi connectivity index (χ1v) is 34.5. The molecule has 0 saturated heterocycles. The fourth-order valence-corrected chi connectivity index (χ4v) is 19.3. The van der Waals surface area contributed by atoms with Gasteiger partial charge in [0.05, 0.1) is 0 Å². The van der Waals surface area contributed by atoms with E-state index in [0.29, 0.717) is 34.1 Å². The Bertz CT molecular complexity index is 3150. The first-order valence-electron chi connectivity index (χ1n) is 31.5. The van der Waals surface area contributed by atoms with Crippen molar-refractivity contribution in [3.8, 4) is 44.9 Å². The SMILES string of the molecule is O=P1(NS(=O)(=O)C(F)(F)F)Oc2c(-c3c(C4CCCCC4)cc(C4CCCCC4)cc3C3CCCCC3)cc3ccccc3c2-c2c(c(-c3c(C4CCCCC4)cc(C4CCCCC4)cc3C3CCCCC3)cc3ccccc23)O1. The third-order valence-corrected chi connectivity index (χ3v) is 23.8. The van der Waals surface area contributed by atoms with Gasteiger partial charge in [0.2, 0.25) is 0 Å². The summed E-state index contributed by atoms with van der Waals surface area (Å²) in [5.74, 6) is 1.95. The minimum absolute atomic E-state index is 0.102. The molecule has 1 heterocycles. The van der Waals surface area contributed by atoms with Crippen LogP contribution in [0.15, 0.2) is 84.9 Å². The zero-order chi connectivity index (χ0) is 54.6. The normalized spacial score (nSPS) is 21.6. The average molecular weight is 1120 g/mol. The highest BCUT2D eigenvalue weighted by molar-refractivity contribution is 7.95. The highest BCUT2D eigenvalue weighted by Crippen LogP contribution is 2.65. The Morgan fingerprint density at radius 2 is 0.688 bits per heavy atom. The van der Waals surface area contributed by atoms with E-state index in [0.717, 1.165) is 161 Å². The van der Waals surface area contributed by atoms with E-state index in [1.165, 1.54) is 97.6 Å². The van der Waals surface area contributed by atoms with Gasteiger partial charge in [-0.2, -0.15) is 13.2 Å². The maximum atomic E-state index is 16.5. The first-order chi connectivity index (χ1) is 38.9. The van der Waals surface area contributed by atoms with Crippen molar-refractivity contribution >= 4 is 39.3 Å². The quantitative estimate of drug-likeness (QED) is 0.138. The molecule has 0 aromatic heterocycles. The molecule has 7 aliphatic rings. The summed E-state index contributed by atoms with van der Waals surface area (Å²) in [6.07, 6.45) is 33.4. The number of sulfonamides is 1. The van der Waals surface area contributed by atoms with Gasteiger partial charge in [-0.3, -0.25) is 0 Å². The number of hydrogen-bond donors (Lipinski definition) is 1. The van der Waals surface area contributed by atoms with Crippen LogP contribution in [0.5, 0.6) is 11.5 Å². The van der Waals surface area contributed by atoms with Gasteiger partial charge in [-0.25, -0.2) is 13.0 Å². The van der Waals surface area contributed by atoms with Gasteiger partial charge >= 0.3 is 23.3 Å². The topological polar surface area (TPSA) is 81.7 Å². The first kappa shape index (κ1) is 54.6. The van der Waals surface area contributed by atoms with E-state index >= 15 is 17.7 Å². The third-order valence-electron chi connectivity index (χ3n) is 20.5. The minimum Gasteiger partial charge on any atom is -0.403 e. The molecule has 1 N–H and O–H groups in total. The predicted octanol–water partition coefficient (Wildman–Crippen LogP) is 21.6. The second kappa shape index (κ2) is 22.8. The van der Waals surface area contributed by atoms with Crippen molar-refractivity contribution < 1.29 is 35.2 Å². The lowest BCUT2D eigenvalue weighted by atomic mass is 9.71. The molecule has 424 valence electrons. The van der Waals surface area contributed by atoms with Crippen LogP contribution in [-0.2, 0) is 14.6 Å². The standard InChI is InChI=1S/C69H81F3NO5PS/c70-69(71,72)80(75,76)73-79(74)77-67-61(63-57(47-27-11-3-12-28-47)41-53(45-23-7-1-8-24-45)42-58(63)48-29-13-4-14-30-48)39-51-35-19-21-37-55(51)65(67)66-56-38-22-20-36-52(56)40-62(68(66)78-79)64-59(49-31-15-5-16-32-49)43-54(46-25-9-2-10-26-46)44-60(64)50-33-17-6-18-34-50/h19-22,35-50H,1-18,23-34H2,(H,73,74). The van der Waals surface area contributed by atoms with Gasteiger partial charge in [-0.05, 0) is 191 Å². The molecule has 0 spiro atoms. The Labute approximate surface area is 473 Å². The summed E-state index contributed by atoms with van der Waals surface area (Å²) < 4.78 is 105. The van der Waals surface area contributed by atoms with Crippen LogP contribution in [0, 0.1) is 0 Å². The number of rotatable bonds is 10. The summed E-state index contributed by atoms with van der Waals surface area (Å²) in [7, 11) is -11.9. The van der Waals surface area contributed by atoms with E-state index in [4.69, 9.17) is 9.05 Å². The minimum atomic E-state index is -6.32. The lowest BCUT2D eigenvalue weighted by molar-refractivity contribution is -0.0443. The Morgan fingerprint density at radius 3 is 0.988 bits per heavy atom. The van der Waals surface area contributed by atoms with Crippen LogP contribution in [0.3, 0.4) is 0 Å². The molecule has 0 radical (unpaired) electrons. The molecule has 6 aliphatic carbocycles. The molecule has 13 rings (SSSR count). The smallest absolute Gasteiger partial charge is 0.403 e. The van der Waals surface area contributed by atoms with Gasteiger partial charge in [0.1, 0.15) is 11.5 Å². The summed E-state index contributed by atoms with van der Waals surface area (Å²) in [4.78, 5) is 0. The number of alkyl halides is 3. The van der Waals surface area contributed by atoms with E-state index in [1.807, 2.05) is 36.4 Å². The van der Waals surface area contributed by atoms with Crippen molar-refractivity contribution in [2.75, 3.05) is 0 Å². The van der Waals surface area contributed by atoms with Gasteiger partial charge in [0, 0.05) is 22.3 Å². The van der Waals surface area contributed by atoms with Crippen LogP contribution in [0.25, 0.3) is 54.9 Å². The van der Waals surface area contributed by atoms with Gasteiger partial charge in [-0.15, -0.1) is 0 Å². The molecular formula is C69H81F3NO5PS. The lowest BCUT2D eigenvalue weighted by Gasteiger charge is -2.33. The fraction of sp³-hybridized carbons (Fsp3) is 0.536. The average Bonchev–Trinajstić information content (AvgIpc) is 3.66. The molecule has 6 aromatic carbocycles. The molecule has 6 nitrogen and oxygen atoms in total. The summed E-state index contributed by atoms with van der Waals surface area (Å²) in [6, 6.07) is 30.4. The summed E-state index contributed by atoms with van der Waals surface area (Å²) in [5.41, 5.74) is 6.29. The summed E-state index contributed by atoms with van der Waals surface area (Å²) in [6.45, 7) is 0. The second-order valence-corrected chi connectivity index (χ2v) is 29.1. The number of benzene rings is 6. The zero-order valence-electron chi connectivity index (χ0n) is 46.8. The van der Waals surface area contributed by atoms with Crippen molar-refractivity contribution in [3.05, 3.63) is 118 Å². The molecular weight excluding hydrogens is 1040 g/mol. The van der Waals surface area contributed by atoms with Gasteiger partial charge in [0.15, 0.2) is 0 Å². The Kier molecular flexibility index (Phi) is 15.6. The van der Waals surface area contributed by atoms with E-state index in [1.54, 1.807) is 4.49 Å². The molecule has 0 unspecified atom stereocenters. The van der Waals surface area contributed by atoms with Crippen LogP contribution >= 0.6 is 7.75 Å². The van der Waals surface area contributed by atoms with E-state index in [2.05, 4.69) is 48.5 Å². The maximum absolute atomic E-state index is 16.5. The van der Waals surface area contributed by atoms with Gasteiger partial charge in [-0.1, -0.05) is 193 Å². The second-order valence-electron chi connectivity index (χ2n) is 25.6. The van der Waals surface area contributed by atoms with Crippen LogP contribution in [-0.4, -0.2) is 13.9 Å². The lowest BCUT2D eigenvalue weighted by Crippen LogP contribution is -2.36. The molecule has 6 aromatic rings. The maximum Gasteiger partial charge on any atom is 0.526 e. The van der Waals surface area contributed by atoms with E-state index in [9.17, 15) is 8.42 Å². The Balaban J connectivity index is 1.17. The van der Waals surface area contributed by atoms with E-state index < -0.39 is 23.3 Å². The molecule has 0 amide bonds. The van der Waals surface area contributed by atoms with Crippen molar-refractivity contribution in [1.29, 1.82) is 0 Å². The van der Waals surface area contributed by atoms with Gasteiger partial charge < -0.3 is 9.05 Å². The molecule has 6 fully saturated rings. The number of hydrogen-bond acceptors (Lipinski definition) is 5. The fourth-order valence-electron chi connectivity index (χ4n) is 16.5. The molecule has 6 saturated carbocycles. The van der Waals surface area contributed by atoms with Crippen molar-refractivity contribution in [2.45, 2.75) is 234 Å². The molecule has 1 aliphatic heterocycles. The molecule has 0 bridgehead atoms. The van der Waals surface area contributed by atoms with Crippen LogP contribution in [0.2, 0.25) is 0 Å². The van der Waals surface area contributed by atoms with Crippen LogP contribution < -0.4 is 13.5 Å². The van der Waals surface area contributed by atoms with Crippen molar-refractivity contribution in [1.82, 2.24) is 4.49 Å². The third kappa shape index (κ3) is 10.6. The van der Waals surface area contributed by atoms with Gasteiger partial charge in [0.25, 0.3) is 0 Å². The van der Waals surface area contributed by atoms with Crippen molar-refractivity contribution in [3.63, 3.8) is 0 Å². The summed E-state index contributed by atoms with van der Waals surface area (Å²) in [5, 5.41) is 3.33. The van der Waals surface area contributed by atoms with Crippen molar-refractivity contribution in [2.24, 2.45) is 0 Å². The number of nitrogens with one attached hydrogen (secondary N) is 1. The largest absolute Gasteiger partial charge is 0.526 e. The highest BCUT2D eigenvalue weighted by Gasteiger charge is 2.53. The number of fused-ring (bicyclic) bond motifs is 7.